The average Bonchev–Trinajstić information content (AvgIpc) is 2.25. The monoisotopic (exact) mass is 230 g/mol. The molecule has 2 atom stereocenters. The van der Waals surface area contributed by atoms with Crippen molar-refractivity contribution in [2.24, 2.45) is 9.98 Å². The summed E-state index contributed by atoms with van der Waals surface area (Å²) >= 11 is 3.56. The van der Waals surface area contributed by atoms with Gasteiger partial charge in [0.05, 0.1) is 13.1 Å². The van der Waals surface area contributed by atoms with Crippen molar-refractivity contribution in [2.75, 3.05) is 24.6 Å². The summed E-state index contributed by atoms with van der Waals surface area (Å²) in [7, 11) is 0. The fourth-order valence-electron chi connectivity index (χ4n) is 1.07. The molecule has 4 nitrogen and oxygen atoms in total. The van der Waals surface area contributed by atoms with E-state index >= 15 is 0 Å². The molecule has 0 aliphatic carbocycles. The van der Waals surface area contributed by atoms with E-state index in [0.717, 1.165) is 11.5 Å². The summed E-state index contributed by atoms with van der Waals surface area (Å²) in [5.74, 6) is 1.91. The van der Waals surface area contributed by atoms with Crippen molar-refractivity contribution < 1.29 is 9.59 Å². The molecule has 6 heteroatoms. The molecule has 0 aromatic heterocycles. The van der Waals surface area contributed by atoms with E-state index in [-0.39, 0.29) is 0 Å². The highest BCUT2D eigenvalue weighted by Gasteiger charge is 2.21. The Hall–Kier alpha value is -0.540. The molecule has 0 bridgehead atoms. The van der Waals surface area contributed by atoms with Gasteiger partial charge < -0.3 is 0 Å². The van der Waals surface area contributed by atoms with Crippen molar-refractivity contribution in [1.29, 1.82) is 0 Å². The van der Waals surface area contributed by atoms with E-state index in [9.17, 15) is 9.59 Å². The highest BCUT2D eigenvalue weighted by atomic mass is 32.2. The van der Waals surface area contributed by atoms with Crippen LogP contribution in [0.1, 0.15) is 0 Å². The summed E-state index contributed by atoms with van der Waals surface area (Å²) in [4.78, 5) is 26.9. The fourth-order valence-corrected chi connectivity index (χ4v) is 3.86. The number of carbonyl (C=O) groups excluding carboxylic acids is 2. The molecule has 1 rings (SSSR count). The smallest absolute Gasteiger partial charge is 0.211 e. The van der Waals surface area contributed by atoms with Crippen LogP contribution in [0.2, 0.25) is 0 Å². The van der Waals surface area contributed by atoms with Crippen LogP contribution >= 0.6 is 23.5 Å². The van der Waals surface area contributed by atoms with Gasteiger partial charge in [-0.05, 0) is 0 Å². The Labute approximate surface area is 90.6 Å². The third-order valence-electron chi connectivity index (χ3n) is 1.75. The largest absolute Gasteiger partial charge is 0.234 e. The van der Waals surface area contributed by atoms with Gasteiger partial charge in [-0.1, -0.05) is 0 Å². The zero-order valence-electron chi connectivity index (χ0n) is 7.51. The van der Waals surface area contributed by atoms with Gasteiger partial charge in [-0.3, -0.25) is 0 Å². The van der Waals surface area contributed by atoms with Crippen molar-refractivity contribution in [1.82, 2.24) is 0 Å². The minimum atomic E-state index is 0.401. The van der Waals surface area contributed by atoms with Gasteiger partial charge >= 0.3 is 0 Å². The first-order valence-electron chi connectivity index (χ1n) is 4.17. The van der Waals surface area contributed by atoms with E-state index in [0.29, 0.717) is 23.6 Å². The molecule has 76 valence electrons. The molecule has 1 fully saturated rings. The number of thioether (sulfide) groups is 2. The Morgan fingerprint density at radius 1 is 1.00 bits per heavy atom. The second-order valence-electron chi connectivity index (χ2n) is 2.77. The van der Waals surface area contributed by atoms with Crippen molar-refractivity contribution in [3.05, 3.63) is 0 Å². The van der Waals surface area contributed by atoms with Gasteiger partial charge in [0.25, 0.3) is 0 Å². The molecular formula is C8H10N2O2S2. The van der Waals surface area contributed by atoms with Crippen molar-refractivity contribution >= 4 is 35.7 Å². The van der Waals surface area contributed by atoms with Crippen LogP contribution < -0.4 is 0 Å². The van der Waals surface area contributed by atoms with Gasteiger partial charge in [0.2, 0.25) is 12.2 Å². The first kappa shape index (κ1) is 11.5. The molecule has 1 heterocycles. The summed E-state index contributed by atoms with van der Waals surface area (Å²) in [6.07, 6.45) is 3.09. The van der Waals surface area contributed by atoms with Crippen LogP contribution in [0, 0.1) is 0 Å². The molecule has 0 saturated carbocycles. The molecule has 0 aromatic rings. The van der Waals surface area contributed by atoms with Gasteiger partial charge in [0.15, 0.2) is 0 Å². The zero-order chi connectivity index (χ0) is 10.2. The Morgan fingerprint density at radius 3 is 1.71 bits per heavy atom. The topological polar surface area (TPSA) is 58.9 Å². The molecule has 0 amide bonds. The van der Waals surface area contributed by atoms with E-state index in [2.05, 4.69) is 9.98 Å². The maximum absolute atomic E-state index is 9.89. The highest BCUT2D eigenvalue weighted by molar-refractivity contribution is 8.07. The van der Waals surface area contributed by atoms with Gasteiger partial charge in [0, 0.05) is 22.0 Å². The summed E-state index contributed by atoms with van der Waals surface area (Å²) in [6, 6.07) is 0. The maximum Gasteiger partial charge on any atom is 0.234 e. The normalized spacial score (nSPS) is 26.0. The Morgan fingerprint density at radius 2 is 1.43 bits per heavy atom. The molecule has 1 saturated heterocycles. The molecule has 1 aliphatic rings. The van der Waals surface area contributed by atoms with Crippen LogP contribution in [0.4, 0.5) is 0 Å². The van der Waals surface area contributed by atoms with E-state index in [1.54, 1.807) is 35.7 Å². The van der Waals surface area contributed by atoms with Gasteiger partial charge in [-0.15, -0.1) is 0 Å². The van der Waals surface area contributed by atoms with Crippen LogP contribution in [-0.4, -0.2) is 47.3 Å². The zero-order valence-corrected chi connectivity index (χ0v) is 9.14. The second kappa shape index (κ2) is 6.85. The number of isocyanates is 2. The van der Waals surface area contributed by atoms with Crippen molar-refractivity contribution in [3.63, 3.8) is 0 Å². The first-order valence-corrected chi connectivity index (χ1v) is 6.27. The van der Waals surface area contributed by atoms with Crippen LogP contribution in [0.25, 0.3) is 0 Å². The lowest BCUT2D eigenvalue weighted by Crippen LogP contribution is -2.25. The second-order valence-corrected chi connectivity index (χ2v) is 5.44. The number of rotatable bonds is 4. The average molecular weight is 230 g/mol. The molecule has 0 aromatic carbocycles. The molecule has 0 radical (unpaired) electrons. The van der Waals surface area contributed by atoms with Gasteiger partial charge in [-0.2, -0.15) is 23.5 Å². The van der Waals surface area contributed by atoms with Crippen molar-refractivity contribution in [3.8, 4) is 0 Å². The predicted molar refractivity (Wildman–Crippen MR) is 58.5 cm³/mol. The molecule has 0 N–H and O–H groups in total. The van der Waals surface area contributed by atoms with Crippen LogP contribution in [0.3, 0.4) is 0 Å². The summed E-state index contributed by atoms with van der Waals surface area (Å²) in [5.41, 5.74) is 0. The molecule has 0 spiro atoms. The molecule has 2 unspecified atom stereocenters. The molecular weight excluding hydrogens is 220 g/mol. The first-order chi connectivity index (χ1) is 6.86. The Bertz CT molecular complexity index is 237. The number of hydrogen-bond donors (Lipinski definition) is 0. The van der Waals surface area contributed by atoms with E-state index in [1.807, 2.05) is 0 Å². The standard InChI is InChI=1S/C8H10N2O2S2/c11-5-9-1-7-3-14-8(4-13-7)2-10-6-12/h7-8H,1-4H2. The summed E-state index contributed by atoms with van der Waals surface area (Å²) in [6.45, 7) is 1.09. The third kappa shape index (κ3) is 4.11. The lowest BCUT2D eigenvalue weighted by molar-refractivity contribution is 0.562. The maximum atomic E-state index is 9.89. The number of aliphatic imine (C=N–C) groups is 2. The summed E-state index contributed by atoms with van der Waals surface area (Å²) < 4.78 is 0. The molecule has 14 heavy (non-hydrogen) atoms. The van der Waals surface area contributed by atoms with E-state index in [4.69, 9.17) is 0 Å². The van der Waals surface area contributed by atoms with Crippen molar-refractivity contribution in [2.45, 2.75) is 10.5 Å². The quantitative estimate of drug-likeness (QED) is 0.531. The predicted octanol–water partition coefficient (Wildman–Crippen LogP) is 0.875. The van der Waals surface area contributed by atoms with Crippen LogP contribution in [0.5, 0.6) is 0 Å². The Kier molecular flexibility index (Phi) is 5.64. The number of hydrogen-bond acceptors (Lipinski definition) is 6. The van der Waals surface area contributed by atoms with E-state index in [1.165, 1.54) is 0 Å². The molecule has 1 aliphatic heterocycles. The summed E-state index contributed by atoms with van der Waals surface area (Å²) in [5, 5.41) is 0.802. The Balaban J connectivity index is 2.23. The fraction of sp³-hybridized carbons (Fsp3) is 0.750. The third-order valence-corrected chi connectivity index (χ3v) is 4.94. The highest BCUT2D eigenvalue weighted by Crippen LogP contribution is 2.29. The van der Waals surface area contributed by atoms with Crippen LogP contribution in [-0.2, 0) is 9.59 Å². The van der Waals surface area contributed by atoms with Gasteiger partial charge in [-0.25, -0.2) is 19.6 Å². The lowest BCUT2D eigenvalue weighted by Gasteiger charge is -2.24. The van der Waals surface area contributed by atoms with Gasteiger partial charge in [0.1, 0.15) is 0 Å². The minimum Gasteiger partial charge on any atom is -0.211 e. The lowest BCUT2D eigenvalue weighted by atomic mass is 10.4. The minimum absolute atomic E-state index is 0.401. The van der Waals surface area contributed by atoms with E-state index < -0.39 is 0 Å². The number of nitrogens with zero attached hydrogens (tertiary/aromatic N) is 2. The SMILES string of the molecule is O=C=NCC1CSC(CN=C=O)CS1. The van der Waals surface area contributed by atoms with Crippen LogP contribution in [0.15, 0.2) is 9.98 Å².